The fourth-order valence-corrected chi connectivity index (χ4v) is 8.47. The van der Waals surface area contributed by atoms with E-state index in [4.69, 9.17) is 0 Å². The van der Waals surface area contributed by atoms with E-state index >= 15 is 0 Å². The fourth-order valence-electron chi connectivity index (χ4n) is 8.47. The van der Waals surface area contributed by atoms with Gasteiger partial charge >= 0.3 is 0 Å². The summed E-state index contributed by atoms with van der Waals surface area (Å²) in [6, 6.07) is 25.1. The lowest BCUT2D eigenvalue weighted by Crippen LogP contribution is -2.07. The smallest absolute Gasteiger partial charge is 0.137 e. The second-order valence-electron chi connectivity index (χ2n) is 15.4. The number of fused-ring (bicyclic) bond motifs is 4. The molecule has 4 aliphatic heterocycles. The van der Waals surface area contributed by atoms with E-state index in [1.165, 1.54) is 64.6 Å². The standard InChI is InChI=1S/4C11H13N3/c1-2-9-11(13-4-1)6-10(14-9)8-3-5-12-7-8;3*1-2-8-6-10(9-3-5-12-7-9)14-11(8)13-4-1/h1-2,4,6,8,12,14H,3,5,7H2;3*1-2,4,6,9,12H,3,5,7H2,(H,13,14)/t;2*9-;/m.10./s1. The minimum atomic E-state index is 0.643. The summed E-state index contributed by atoms with van der Waals surface area (Å²) < 4.78 is 0. The van der Waals surface area contributed by atoms with E-state index in [0.717, 1.165) is 80.3 Å². The first-order valence-corrected chi connectivity index (χ1v) is 20.3. The van der Waals surface area contributed by atoms with Gasteiger partial charge in [-0.25, -0.2) is 15.0 Å². The van der Waals surface area contributed by atoms with Gasteiger partial charge in [0.05, 0.1) is 11.0 Å². The highest BCUT2D eigenvalue weighted by Crippen LogP contribution is 2.27. The number of aromatic amines is 4. The highest BCUT2D eigenvalue weighted by Gasteiger charge is 2.21. The molecule has 0 spiro atoms. The number of pyridine rings is 4. The molecule has 0 saturated carbocycles. The van der Waals surface area contributed by atoms with Crippen molar-refractivity contribution in [1.82, 2.24) is 61.1 Å². The fraction of sp³-hybridized carbons (Fsp3) is 0.364. The SMILES string of the molecule is c1cnc2[nH]c(C3CCNC3)cc2c1.c1cnc2[nH]c([C@@H]3CCNC3)cc2c1.c1cnc2[nH]c([C@H]3CCNC3)cc2c1.c1cnc2cc(C3CCNC3)[nH]c2c1. The van der Waals surface area contributed by atoms with Crippen molar-refractivity contribution in [3.05, 3.63) is 120 Å². The maximum absolute atomic E-state index is 4.32. The highest BCUT2D eigenvalue weighted by molar-refractivity contribution is 5.78. The Bertz CT molecular complexity index is 1970. The first kappa shape index (κ1) is 36.3. The van der Waals surface area contributed by atoms with Gasteiger partial charge in [0, 0.05) is 114 Å². The van der Waals surface area contributed by atoms with Crippen molar-refractivity contribution in [2.24, 2.45) is 0 Å². The molecular formula is C44H52N12. The van der Waals surface area contributed by atoms with E-state index in [9.17, 15) is 0 Å². The van der Waals surface area contributed by atoms with Gasteiger partial charge in [0.1, 0.15) is 16.9 Å². The van der Waals surface area contributed by atoms with Crippen molar-refractivity contribution in [3.8, 4) is 0 Å². The molecule has 0 aliphatic carbocycles. The quantitative estimate of drug-likeness (QED) is 0.100. The Morgan fingerprint density at radius 1 is 0.393 bits per heavy atom. The molecule has 12 heterocycles. The molecule has 12 heteroatoms. The molecule has 8 N–H and O–H groups in total. The van der Waals surface area contributed by atoms with E-state index in [-0.39, 0.29) is 0 Å². The second kappa shape index (κ2) is 17.2. The van der Waals surface area contributed by atoms with Crippen molar-refractivity contribution in [2.45, 2.75) is 49.4 Å². The van der Waals surface area contributed by atoms with E-state index in [1.54, 1.807) is 0 Å². The summed E-state index contributed by atoms with van der Waals surface area (Å²) in [6.07, 6.45) is 12.2. The Kier molecular flexibility index (Phi) is 11.1. The molecule has 12 rings (SSSR count). The van der Waals surface area contributed by atoms with E-state index in [2.05, 4.69) is 110 Å². The molecule has 8 aromatic heterocycles. The second-order valence-corrected chi connectivity index (χ2v) is 15.4. The topological polar surface area (TPSA) is 163 Å². The van der Waals surface area contributed by atoms with Gasteiger partial charge in [-0.3, -0.25) is 4.98 Å². The van der Waals surface area contributed by atoms with Crippen LogP contribution in [0.2, 0.25) is 0 Å². The summed E-state index contributed by atoms with van der Waals surface area (Å²) in [7, 11) is 0. The summed E-state index contributed by atoms with van der Waals surface area (Å²) in [5.41, 5.74) is 10.5. The van der Waals surface area contributed by atoms with Crippen LogP contribution < -0.4 is 21.3 Å². The zero-order valence-corrected chi connectivity index (χ0v) is 31.8. The number of nitrogens with zero attached hydrogens (tertiary/aromatic N) is 4. The third-order valence-electron chi connectivity index (χ3n) is 11.6. The van der Waals surface area contributed by atoms with Gasteiger partial charge in [0.2, 0.25) is 0 Å². The third-order valence-corrected chi connectivity index (χ3v) is 11.6. The Hall–Kier alpha value is -5.40. The average molecular weight is 749 g/mol. The first-order chi connectivity index (χ1) is 27.7. The summed E-state index contributed by atoms with van der Waals surface area (Å²) in [5.74, 6) is 2.57. The zero-order valence-electron chi connectivity index (χ0n) is 31.8. The summed E-state index contributed by atoms with van der Waals surface area (Å²) >= 11 is 0. The Balaban J connectivity index is 0.0000000975. The van der Waals surface area contributed by atoms with Crippen molar-refractivity contribution in [1.29, 1.82) is 0 Å². The van der Waals surface area contributed by atoms with Crippen molar-refractivity contribution in [2.75, 3.05) is 52.4 Å². The van der Waals surface area contributed by atoms with E-state index in [1.807, 2.05) is 49.1 Å². The lowest BCUT2D eigenvalue weighted by Gasteiger charge is -2.03. The maximum atomic E-state index is 4.32. The van der Waals surface area contributed by atoms with Crippen LogP contribution >= 0.6 is 0 Å². The Morgan fingerprint density at radius 2 is 0.750 bits per heavy atom. The van der Waals surface area contributed by atoms with Crippen LogP contribution in [0.5, 0.6) is 0 Å². The van der Waals surface area contributed by atoms with E-state index in [0.29, 0.717) is 23.7 Å². The van der Waals surface area contributed by atoms with Crippen molar-refractivity contribution in [3.63, 3.8) is 0 Å². The van der Waals surface area contributed by atoms with Crippen molar-refractivity contribution < 1.29 is 0 Å². The van der Waals surface area contributed by atoms with Gasteiger partial charge in [0.25, 0.3) is 0 Å². The third kappa shape index (κ3) is 8.38. The van der Waals surface area contributed by atoms with Crippen LogP contribution in [0.15, 0.2) is 97.6 Å². The summed E-state index contributed by atoms with van der Waals surface area (Å²) in [6.45, 7) is 8.89. The lowest BCUT2D eigenvalue weighted by atomic mass is 10.1. The summed E-state index contributed by atoms with van der Waals surface area (Å²) in [4.78, 5) is 30.8. The minimum absolute atomic E-state index is 0.643. The molecule has 8 aromatic rings. The van der Waals surface area contributed by atoms with Crippen LogP contribution in [0.25, 0.3) is 44.1 Å². The van der Waals surface area contributed by atoms with Gasteiger partial charge in [0.15, 0.2) is 0 Å². The highest BCUT2D eigenvalue weighted by atomic mass is 14.9. The molecule has 4 saturated heterocycles. The molecule has 12 nitrogen and oxygen atoms in total. The molecule has 4 aliphatic rings. The van der Waals surface area contributed by atoms with Crippen LogP contribution in [-0.4, -0.2) is 92.2 Å². The molecule has 0 radical (unpaired) electrons. The Morgan fingerprint density at radius 3 is 1.09 bits per heavy atom. The Labute approximate surface area is 326 Å². The predicted molar refractivity (Wildman–Crippen MR) is 225 cm³/mol. The van der Waals surface area contributed by atoms with Gasteiger partial charge < -0.3 is 41.2 Å². The monoisotopic (exact) mass is 748 g/mol. The number of nitrogens with one attached hydrogen (secondary N) is 8. The molecule has 0 amide bonds. The number of aromatic nitrogens is 8. The van der Waals surface area contributed by atoms with Crippen LogP contribution in [0.3, 0.4) is 0 Å². The summed E-state index contributed by atoms with van der Waals surface area (Å²) in [5, 5.41) is 17.2. The normalized spacial score (nSPS) is 21.9. The zero-order chi connectivity index (χ0) is 37.5. The van der Waals surface area contributed by atoms with Crippen LogP contribution in [0.1, 0.15) is 72.1 Å². The number of H-pyrrole nitrogens is 4. The molecule has 288 valence electrons. The van der Waals surface area contributed by atoms with Gasteiger partial charge in [-0.2, -0.15) is 0 Å². The number of hydrogen-bond donors (Lipinski definition) is 8. The predicted octanol–water partition coefficient (Wildman–Crippen LogP) is 6.56. The lowest BCUT2D eigenvalue weighted by molar-refractivity contribution is 0.743. The largest absolute Gasteiger partial charge is 0.357 e. The van der Waals surface area contributed by atoms with Gasteiger partial charge in [-0.15, -0.1) is 0 Å². The first-order valence-electron chi connectivity index (χ1n) is 20.3. The van der Waals surface area contributed by atoms with Gasteiger partial charge in [-0.05, 0) is 125 Å². The molecule has 4 fully saturated rings. The molecular weight excluding hydrogens is 697 g/mol. The number of hydrogen-bond acceptors (Lipinski definition) is 8. The molecule has 0 bridgehead atoms. The average Bonchev–Trinajstić information content (AvgIpc) is 4.11. The maximum Gasteiger partial charge on any atom is 0.137 e. The number of rotatable bonds is 4. The van der Waals surface area contributed by atoms with Crippen molar-refractivity contribution >= 4 is 44.1 Å². The van der Waals surface area contributed by atoms with Gasteiger partial charge in [-0.1, -0.05) is 0 Å². The molecule has 56 heavy (non-hydrogen) atoms. The van der Waals surface area contributed by atoms with Crippen LogP contribution in [-0.2, 0) is 0 Å². The molecule has 4 atom stereocenters. The van der Waals surface area contributed by atoms with Crippen LogP contribution in [0, 0.1) is 0 Å². The van der Waals surface area contributed by atoms with E-state index < -0.39 is 0 Å². The molecule has 2 unspecified atom stereocenters. The van der Waals surface area contributed by atoms with Crippen LogP contribution in [0.4, 0.5) is 0 Å². The molecule has 0 aromatic carbocycles. The minimum Gasteiger partial charge on any atom is -0.357 e.